The minimum Gasteiger partial charge on any atom is -0.357 e. The van der Waals surface area contributed by atoms with Gasteiger partial charge in [-0.3, -0.25) is 4.90 Å². The average molecular weight is 308 g/mol. The molecular formula is C16H28N4S. The van der Waals surface area contributed by atoms with Crippen LogP contribution in [0.4, 0.5) is 0 Å². The van der Waals surface area contributed by atoms with Gasteiger partial charge in [0.1, 0.15) is 0 Å². The van der Waals surface area contributed by atoms with Crippen molar-refractivity contribution < 1.29 is 0 Å². The molecule has 1 aliphatic rings. The SMILES string of the molecule is CCNC(=NCc1ccsc1)NCCN1CCCCC1C. The molecular weight excluding hydrogens is 280 g/mol. The largest absolute Gasteiger partial charge is 0.357 e. The summed E-state index contributed by atoms with van der Waals surface area (Å²) >= 11 is 1.72. The first-order valence-corrected chi connectivity index (χ1v) is 9.01. The Balaban J connectivity index is 1.75. The van der Waals surface area contributed by atoms with Gasteiger partial charge < -0.3 is 10.6 Å². The standard InChI is InChI=1S/C16H28N4S/c1-3-17-16(19-12-15-7-11-21-13-15)18-8-10-20-9-5-4-6-14(20)2/h7,11,13-14H,3-6,8-10,12H2,1-2H3,(H2,17,18,19). The van der Waals surface area contributed by atoms with Crippen LogP contribution < -0.4 is 10.6 Å². The maximum absolute atomic E-state index is 4.64. The molecule has 0 aliphatic carbocycles. The van der Waals surface area contributed by atoms with Crippen LogP contribution in [0.25, 0.3) is 0 Å². The molecule has 1 aromatic heterocycles. The second-order valence-corrected chi connectivity index (χ2v) is 6.41. The van der Waals surface area contributed by atoms with E-state index >= 15 is 0 Å². The van der Waals surface area contributed by atoms with Crippen LogP contribution in [0.1, 0.15) is 38.7 Å². The molecule has 1 unspecified atom stereocenters. The smallest absolute Gasteiger partial charge is 0.191 e. The van der Waals surface area contributed by atoms with Crippen LogP contribution in [-0.4, -0.2) is 43.1 Å². The predicted octanol–water partition coefficient (Wildman–Crippen LogP) is 2.68. The minimum atomic E-state index is 0.728. The van der Waals surface area contributed by atoms with Gasteiger partial charge in [0.2, 0.25) is 0 Å². The number of hydrogen-bond acceptors (Lipinski definition) is 3. The number of nitrogens with one attached hydrogen (secondary N) is 2. The van der Waals surface area contributed by atoms with Crippen LogP contribution in [0, 0.1) is 0 Å². The molecule has 2 heterocycles. The van der Waals surface area contributed by atoms with E-state index in [-0.39, 0.29) is 0 Å². The first kappa shape index (κ1) is 16.3. The molecule has 21 heavy (non-hydrogen) atoms. The molecule has 0 radical (unpaired) electrons. The summed E-state index contributed by atoms with van der Waals surface area (Å²) in [7, 11) is 0. The third-order valence-corrected chi connectivity index (χ3v) is 4.71. The maximum atomic E-state index is 4.64. The fourth-order valence-corrected chi connectivity index (χ4v) is 3.36. The second kappa shape index (κ2) is 9.05. The molecule has 1 fully saturated rings. The normalized spacial score (nSPS) is 20.5. The summed E-state index contributed by atoms with van der Waals surface area (Å²) in [6, 6.07) is 2.86. The van der Waals surface area contributed by atoms with Crippen molar-refractivity contribution >= 4 is 17.3 Å². The Morgan fingerprint density at radius 2 is 2.33 bits per heavy atom. The molecule has 2 rings (SSSR count). The molecule has 2 N–H and O–H groups in total. The van der Waals surface area contributed by atoms with Gasteiger partial charge in [-0.05, 0) is 55.6 Å². The maximum Gasteiger partial charge on any atom is 0.191 e. The zero-order valence-corrected chi connectivity index (χ0v) is 14.1. The van der Waals surface area contributed by atoms with Crippen LogP contribution in [0.15, 0.2) is 21.8 Å². The van der Waals surface area contributed by atoms with Crippen LogP contribution in [-0.2, 0) is 6.54 Å². The van der Waals surface area contributed by atoms with E-state index in [1.165, 1.54) is 31.4 Å². The summed E-state index contributed by atoms with van der Waals surface area (Å²) in [6.45, 7) is 9.40. The molecule has 5 heteroatoms. The van der Waals surface area contributed by atoms with E-state index in [9.17, 15) is 0 Å². The first-order valence-electron chi connectivity index (χ1n) is 8.07. The number of piperidine rings is 1. The summed E-state index contributed by atoms with van der Waals surface area (Å²) in [5, 5.41) is 11.0. The summed E-state index contributed by atoms with van der Waals surface area (Å²) < 4.78 is 0. The van der Waals surface area contributed by atoms with Crippen LogP contribution in [0.5, 0.6) is 0 Å². The Morgan fingerprint density at radius 3 is 3.05 bits per heavy atom. The first-order chi connectivity index (χ1) is 10.3. The van der Waals surface area contributed by atoms with Gasteiger partial charge in [-0.25, -0.2) is 4.99 Å². The van der Waals surface area contributed by atoms with E-state index in [1.807, 2.05) is 0 Å². The van der Waals surface area contributed by atoms with Gasteiger partial charge in [0.15, 0.2) is 5.96 Å². The van der Waals surface area contributed by atoms with Crippen molar-refractivity contribution in [3.8, 4) is 0 Å². The van der Waals surface area contributed by atoms with Crippen LogP contribution in [0.3, 0.4) is 0 Å². The number of guanidine groups is 1. The highest BCUT2D eigenvalue weighted by atomic mass is 32.1. The van der Waals surface area contributed by atoms with Crippen LogP contribution in [0.2, 0.25) is 0 Å². The molecule has 0 aromatic carbocycles. The van der Waals surface area contributed by atoms with Crippen molar-refractivity contribution in [2.24, 2.45) is 4.99 Å². The lowest BCUT2D eigenvalue weighted by molar-refractivity contribution is 0.163. The minimum absolute atomic E-state index is 0.728. The molecule has 118 valence electrons. The van der Waals surface area contributed by atoms with Gasteiger partial charge in [0, 0.05) is 25.7 Å². The number of nitrogens with zero attached hydrogens (tertiary/aromatic N) is 2. The third kappa shape index (κ3) is 5.67. The molecule has 1 aliphatic heterocycles. The molecule has 0 spiro atoms. The van der Waals surface area contributed by atoms with E-state index in [0.717, 1.165) is 38.2 Å². The third-order valence-electron chi connectivity index (χ3n) is 3.98. The van der Waals surface area contributed by atoms with Crippen molar-refractivity contribution in [1.82, 2.24) is 15.5 Å². The van der Waals surface area contributed by atoms with Crippen molar-refractivity contribution in [3.05, 3.63) is 22.4 Å². The zero-order chi connectivity index (χ0) is 14.9. The van der Waals surface area contributed by atoms with Gasteiger partial charge in [0.25, 0.3) is 0 Å². The molecule has 0 saturated carbocycles. The van der Waals surface area contributed by atoms with Crippen molar-refractivity contribution in [3.63, 3.8) is 0 Å². The topological polar surface area (TPSA) is 39.7 Å². The molecule has 1 aromatic rings. The Kier molecular flexibility index (Phi) is 7.03. The van der Waals surface area contributed by atoms with Gasteiger partial charge in [-0.2, -0.15) is 11.3 Å². The van der Waals surface area contributed by atoms with Gasteiger partial charge in [0.05, 0.1) is 6.54 Å². The summed E-state index contributed by atoms with van der Waals surface area (Å²) in [5.74, 6) is 0.924. The summed E-state index contributed by atoms with van der Waals surface area (Å²) in [5.41, 5.74) is 1.28. The van der Waals surface area contributed by atoms with E-state index in [1.54, 1.807) is 11.3 Å². The molecule has 1 saturated heterocycles. The Labute approximate surface area is 132 Å². The highest BCUT2D eigenvalue weighted by Crippen LogP contribution is 2.15. The highest BCUT2D eigenvalue weighted by Gasteiger charge is 2.17. The number of hydrogen-bond donors (Lipinski definition) is 2. The van der Waals surface area contributed by atoms with Gasteiger partial charge in [-0.1, -0.05) is 6.42 Å². The van der Waals surface area contributed by atoms with E-state index in [0.29, 0.717) is 0 Å². The fraction of sp³-hybridized carbons (Fsp3) is 0.688. The van der Waals surface area contributed by atoms with Crippen molar-refractivity contribution in [1.29, 1.82) is 0 Å². The van der Waals surface area contributed by atoms with E-state index in [4.69, 9.17) is 0 Å². The molecule has 0 bridgehead atoms. The lowest BCUT2D eigenvalue weighted by atomic mass is 10.0. The molecule has 1 atom stereocenters. The lowest BCUT2D eigenvalue weighted by Gasteiger charge is -2.33. The number of thiophene rings is 1. The summed E-state index contributed by atoms with van der Waals surface area (Å²) in [4.78, 5) is 7.22. The molecule has 4 nitrogen and oxygen atoms in total. The highest BCUT2D eigenvalue weighted by molar-refractivity contribution is 7.07. The monoisotopic (exact) mass is 308 g/mol. The quantitative estimate of drug-likeness (QED) is 0.627. The Hall–Kier alpha value is -1.07. The van der Waals surface area contributed by atoms with E-state index in [2.05, 4.69) is 51.2 Å². The zero-order valence-electron chi connectivity index (χ0n) is 13.3. The lowest BCUT2D eigenvalue weighted by Crippen LogP contribution is -2.45. The van der Waals surface area contributed by atoms with E-state index < -0.39 is 0 Å². The number of rotatable bonds is 6. The Morgan fingerprint density at radius 1 is 1.43 bits per heavy atom. The van der Waals surface area contributed by atoms with Crippen LogP contribution >= 0.6 is 11.3 Å². The fourth-order valence-electron chi connectivity index (χ4n) is 2.70. The molecule has 0 amide bonds. The van der Waals surface area contributed by atoms with Crippen molar-refractivity contribution in [2.75, 3.05) is 26.2 Å². The average Bonchev–Trinajstić information content (AvgIpc) is 3.00. The van der Waals surface area contributed by atoms with Gasteiger partial charge >= 0.3 is 0 Å². The number of aliphatic imine (C=N–C) groups is 1. The Bertz CT molecular complexity index is 416. The second-order valence-electron chi connectivity index (χ2n) is 5.63. The summed E-state index contributed by atoms with van der Waals surface area (Å²) in [6.07, 6.45) is 4.07. The van der Waals surface area contributed by atoms with Crippen molar-refractivity contribution in [2.45, 2.75) is 45.7 Å². The van der Waals surface area contributed by atoms with Gasteiger partial charge in [-0.15, -0.1) is 0 Å². The number of likely N-dealkylation sites (tertiary alicyclic amines) is 1. The predicted molar refractivity (Wildman–Crippen MR) is 92.0 cm³/mol.